The predicted molar refractivity (Wildman–Crippen MR) is 158 cm³/mol. The molecule has 1 aliphatic rings. The first-order valence-corrected chi connectivity index (χ1v) is 13.9. The summed E-state index contributed by atoms with van der Waals surface area (Å²) < 4.78 is 18.7. The Labute approximate surface area is 244 Å². The molecule has 0 amide bonds. The van der Waals surface area contributed by atoms with Crippen molar-refractivity contribution in [2.24, 2.45) is 5.92 Å². The van der Waals surface area contributed by atoms with Crippen molar-refractivity contribution in [2.75, 3.05) is 13.1 Å². The Balaban J connectivity index is 1.22. The highest BCUT2D eigenvalue weighted by molar-refractivity contribution is 5.84. The average molecular weight is 578 g/mol. The SMILES string of the molecule is CC(C)(O)C1CN(Cc2cc(C#N)ccc2Cn2nccc2-c2cc(F)c3nnn(-c4ccc5[nH]c(=O)[nH]c5c4)c3c2)C1. The van der Waals surface area contributed by atoms with Crippen molar-refractivity contribution in [1.82, 2.24) is 39.6 Å². The molecule has 43 heavy (non-hydrogen) atoms. The second-order valence-corrected chi connectivity index (χ2v) is 11.7. The second kappa shape index (κ2) is 10.0. The Morgan fingerprint density at radius 2 is 1.86 bits per heavy atom. The fourth-order valence-corrected chi connectivity index (χ4v) is 5.72. The number of imidazole rings is 1. The van der Waals surface area contributed by atoms with E-state index in [9.17, 15) is 15.2 Å². The molecule has 0 spiro atoms. The molecule has 3 aromatic carbocycles. The van der Waals surface area contributed by atoms with Gasteiger partial charge in [-0.15, -0.1) is 5.10 Å². The van der Waals surface area contributed by atoms with Gasteiger partial charge in [0.1, 0.15) is 5.52 Å². The molecule has 216 valence electrons. The number of likely N-dealkylation sites (tertiary alicyclic amines) is 1. The number of H-pyrrole nitrogens is 2. The Morgan fingerprint density at radius 1 is 1.05 bits per heavy atom. The normalized spacial score (nSPS) is 14.4. The first kappa shape index (κ1) is 26.8. The van der Waals surface area contributed by atoms with Crippen LogP contribution in [0.15, 0.2) is 65.6 Å². The van der Waals surface area contributed by atoms with Gasteiger partial charge in [0, 0.05) is 37.3 Å². The summed E-state index contributed by atoms with van der Waals surface area (Å²) in [5, 5.41) is 32.7. The number of aliphatic hydroxyl groups is 1. The van der Waals surface area contributed by atoms with Crippen LogP contribution in [0.5, 0.6) is 0 Å². The van der Waals surface area contributed by atoms with Crippen molar-refractivity contribution in [3.63, 3.8) is 0 Å². The first-order valence-electron chi connectivity index (χ1n) is 13.9. The van der Waals surface area contributed by atoms with Crippen LogP contribution < -0.4 is 5.69 Å². The highest BCUT2D eigenvalue weighted by Crippen LogP contribution is 2.31. The van der Waals surface area contributed by atoms with E-state index >= 15 is 4.39 Å². The number of halogens is 1. The van der Waals surface area contributed by atoms with Gasteiger partial charge in [-0.1, -0.05) is 11.3 Å². The lowest BCUT2D eigenvalue weighted by Crippen LogP contribution is -2.55. The zero-order valence-electron chi connectivity index (χ0n) is 23.5. The summed E-state index contributed by atoms with van der Waals surface area (Å²) in [7, 11) is 0. The van der Waals surface area contributed by atoms with Gasteiger partial charge in [-0.2, -0.15) is 10.4 Å². The summed E-state index contributed by atoms with van der Waals surface area (Å²) in [6.07, 6.45) is 1.68. The zero-order valence-corrected chi connectivity index (χ0v) is 23.5. The highest BCUT2D eigenvalue weighted by atomic mass is 19.1. The van der Waals surface area contributed by atoms with Crippen LogP contribution in [-0.4, -0.2) is 63.4 Å². The van der Waals surface area contributed by atoms with Crippen LogP contribution in [0.25, 0.3) is 39.0 Å². The summed E-state index contributed by atoms with van der Waals surface area (Å²) in [4.78, 5) is 19.4. The van der Waals surface area contributed by atoms with Crippen LogP contribution in [0.4, 0.5) is 4.39 Å². The van der Waals surface area contributed by atoms with Crippen molar-refractivity contribution in [3.05, 3.63) is 93.8 Å². The number of rotatable bonds is 7. The van der Waals surface area contributed by atoms with Gasteiger partial charge in [-0.3, -0.25) is 9.58 Å². The van der Waals surface area contributed by atoms with E-state index in [-0.39, 0.29) is 17.1 Å². The van der Waals surface area contributed by atoms with Crippen molar-refractivity contribution in [2.45, 2.75) is 32.5 Å². The minimum atomic E-state index is -0.729. The largest absolute Gasteiger partial charge is 0.390 e. The zero-order chi connectivity index (χ0) is 29.9. The number of nitrogens with zero attached hydrogens (tertiary/aromatic N) is 7. The molecule has 0 saturated carbocycles. The number of fused-ring (bicyclic) bond motifs is 2. The summed E-state index contributed by atoms with van der Waals surface area (Å²) in [6.45, 7) is 6.29. The molecule has 1 aliphatic heterocycles. The van der Waals surface area contributed by atoms with Crippen LogP contribution >= 0.6 is 0 Å². The van der Waals surface area contributed by atoms with Crippen molar-refractivity contribution in [1.29, 1.82) is 5.26 Å². The van der Waals surface area contributed by atoms with Gasteiger partial charge >= 0.3 is 5.69 Å². The standard InChI is InChI=1S/C31H28FN9O2/c1-31(2,43)22-16-39(17-22)14-21-9-18(13-33)3-4-19(21)15-40-27(7-8-34-40)20-10-24(32)29-28(11-20)41(38-37-29)23-5-6-25-26(12-23)36-30(42)35-25/h3-12,22,43H,14-17H2,1-2H3,(H2,35,36,42). The van der Waals surface area contributed by atoms with Gasteiger partial charge in [0.05, 0.1) is 51.7 Å². The summed E-state index contributed by atoms with van der Waals surface area (Å²) in [5.41, 5.74) is 5.34. The van der Waals surface area contributed by atoms with Crippen LogP contribution in [-0.2, 0) is 13.1 Å². The van der Waals surface area contributed by atoms with Crippen molar-refractivity contribution < 1.29 is 9.50 Å². The number of aromatic nitrogens is 7. The van der Waals surface area contributed by atoms with Crippen molar-refractivity contribution >= 4 is 22.1 Å². The summed E-state index contributed by atoms with van der Waals surface area (Å²) in [5.74, 6) is -0.311. The van der Waals surface area contributed by atoms with E-state index < -0.39 is 11.4 Å². The quantitative estimate of drug-likeness (QED) is 0.262. The Morgan fingerprint density at radius 3 is 2.65 bits per heavy atom. The number of hydrogen-bond acceptors (Lipinski definition) is 7. The maximum absolute atomic E-state index is 15.4. The molecule has 0 bridgehead atoms. The number of aromatic amines is 2. The molecule has 1 saturated heterocycles. The third-order valence-electron chi connectivity index (χ3n) is 8.27. The lowest BCUT2D eigenvalue weighted by Gasteiger charge is -2.45. The third kappa shape index (κ3) is 4.88. The van der Waals surface area contributed by atoms with E-state index in [1.54, 1.807) is 35.1 Å². The van der Waals surface area contributed by atoms with Gasteiger partial charge in [-0.25, -0.2) is 13.9 Å². The molecule has 11 nitrogen and oxygen atoms in total. The van der Waals surface area contributed by atoms with E-state index in [1.165, 1.54) is 6.07 Å². The maximum atomic E-state index is 15.4. The van der Waals surface area contributed by atoms with Gasteiger partial charge in [0.25, 0.3) is 0 Å². The van der Waals surface area contributed by atoms with E-state index in [0.717, 1.165) is 24.2 Å². The molecule has 0 unspecified atom stereocenters. The summed E-state index contributed by atoms with van der Waals surface area (Å²) in [6, 6.07) is 18.2. The minimum Gasteiger partial charge on any atom is -0.390 e. The Bertz CT molecular complexity index is 2100. The van der Waals surface area contributed by atoms with Crippen LogP contribution in [0, 0.1) is 23.1 Å². The molecule has 4 heterocycles. The van der Waals surface area contributed by atoms with Gasteiger partial charge in [0.15, 0.2) is 5.82 Å². The van der Waals surface area contributed by atoms with E-state index in [0.29, 0.717) is 52.1 Å². The Kier molecular flexibility index (Phi) is 6.23. The topological polar surface area (TPSA) is 144 Å². The lowest BCUT2D eigenvalue weighted by molar-refractivity contribution is -0.0648. The molecule has 12 heteroatoms. The van der Waals surface area contributed by atoms with Gasteiger partial charge in [-0.05, 0) is 73.5 Å². The lowest BCUT2D eigenvalue weighted by atomic mass is 9.84. The molecule has 7 rings (SSSR count). The van der Waals surface area contributed by atoms with Crippen LogP contribution in [0.3, 0.4) is 0 Å². The average Bonchev–Trinajstić information content (AvgIpc) is 3.67. The van der Waals surface area contributed by atoms with Crippen molar-refractivity contribution in [3.8, 4) is 23.0 Å². The molecular weight excluding hydrogens is 549 g/mol. The fourth-order valence-electron chi connectivity index (χ4n) is 5.72. The third-order valence-corrected chi connectivity index (χ3v) is 8.27. The molecular formula is C31H28FN9O2. The van der Waals surface area contributed by atoms with Crippen LogP contribution in [0.1, 0.15) is 30.5 Å². The highest BCUT2D eigenvalue weighted by Gasteiger charge is 2.37. The van der Waals surface area contributed by atoms with Gasteiger partial charge in [0.2, 0.25) is 0 Å². The van der Waals surface area contributed by atoms with E-state index in [2.05, 4.69) is 36.3 Å². The molecule has 0 radical (unpaired) electrons. The smallest absolute Gasteiger partial charge is 0.323 e. The number of hydrogen-bond donors (Lipinski definition) is 3. The first-order chi connectivity index (χ1) is 20.7. The fraction of sp³-hybridized carbons (Fsp3) is 0.258. The van der Waals surface area contributed by atoms with E-state index in [4.69, 9.17) is 0 Å². The minimum absolute atomic E-state index is 0.130. The second-order valence-electron chi connectivity index (χ2n) is 11.7. The van der Waals surface area contributed by atoms with E-state index in [1.807, 2.05) is 42.8 Å². The van der Waals surface area contributed by atoms with Gasteiger partial charge < -0.3 is 15.1 Å². The number of benzene rings is 3. The summed E-state index contributed by atoms with van der Waals surface area (Å²) >= 11 is 0. The molecule has 6 aromatic rings. The predicted octanol–water partition coefficient (Wildman–Crippen LogP) is 3.72. The maximum Gasteiger partial charge on any atom is 0.323 e. The number of nitrogens with one attached hydrogen (secondary N) is 2. The monoisotopic (exact) mass is 577 g/mol. The molecule has 0 aliphatic carbocycles. The van der Waals surface area contributed by atoms with Crippen LogP contribution in [0.2, 0.25) is 0 Å². The molecule has 3 N–H and O–H groups in total. The Hall–Kier alpha value is -5.12. The molecule has 3 aromatic heterocycles. The molecule has 0 atom stereocenters. The molecule has 1 fully saturated rings. The number of nitriles is 1.